The molecule has 0 aliphatic rings. The number of H-pyrrole nitrogens is 1. The number of ketones is 1. The van der Waals surface area contributed by atoms with Crippen LogP contribution in [-0.2, 0) is 9.53 Å². The lowest BCUT2D eigenvalue weighted by Crippen LogP contribution is -2.11. The summed E-state index contributed by atoms with van der Waals surface area (Å²) in [6, 6.07) is 0. The van der Waals surface area contributed by atoms with Crippen molar-refractivity contribution in [2.75, 3.05) is 7.11 Å². The van der Waals surface area contributed by atoms with Crippen molar-refractivity contribution in [3.63, 3.8) is 0 Å². The molecular formula is C10H13ClN2O3. The quantitative estimate of drug-likeness (QED) is 0.499. The first-order chi connectivity index (χ1) is 7.47. The zero-order valence-electron chi connectivity index (χ0n) is 9.33. The van der Waals surface area contributed by atoms with Gasteiger partial charge in [-0.3, -0.25) is 14.7 Å². The van der Waals surface area contributed by atoms with Crippen molar-refractivity contribution < 1.29 is 14.3 Å². The van der Waals surface area contributed by atoms with Gasteiger partial charge in [0.1, 0.15) is 6.42 Å². The average molecular weight is 245 g/mol. The van der Waals surface area contributed by atoms with E-state index in [4.69, 9.17) is 11.6 Å². The molecule has 16 heavy (non-hydrogen) atoms. The third-order valence-electron chi connectivity index (χ3n) is 2.14. The van der Waals surface area contributed by atoms with Crippen molar-refractivity contribution >= 4 is 23.4 Å². The second-order valence-electron chi connectivity index (χ2n) is 3.63. The fourth-order valence-electron chi connectivity index (χ4n) is 1.31. The summed E-state index contributed by atoms with van der Waals surface area (Å²) >= 11 is 5.80. The molecule has 1 rings (SSSR count). The van der Waals surface area contributed by atoms with Gasteiger partial charge in [0.05, 0.1) is 18.4 Å². The van der Waals surface area contributed by atoms with Crippen LogP contribution in [0.3, 0.4) is 0 Å². The van der Waals surface area contributed by atoms with E-state index < -0.39 is 5.97 Å². The molecule has 0 aliphatic heterocycles. The number of nitrogens with one attached hydrogen (secondary N) is 1. The van der Waals surface area contributed by atoms with Gasteiger partial charge in [-0.2, -0.15) is 5.10 Å². The molecule has 1 aromatic heterocycles. The Bertz CT molecular complexity index is 412. The second-order valence-corrected chi connectivity index (χ2v) is 3.99. The summed E-state index contributed by atoms with van der Waals surface area (Å²) in [4.78, 5) is 22.8. The number of rotatable bonds is 4. The van der Waals surface area contributed by atoms with E-state index in [0.29, 0.717) is 5.69 Å². The molecule has 1 heterocycles. The Morgan fingerprint density at radius 1 is 1.50 bits per heavy atom. The van der Waals surface area contributed by atoms with Crippen molar-refractivity contribution in [2.45, 2.75) is 26.2 Å². The minimum Gasteiger partial charge on any atom is -0.469 e. The molecule has 5 nitrogen and oxygen atoms in total. The summed E-state index contributed by atoms with van der Waals surface area (Å²) in [7, 11) is 1.23. The highest BCUT2D eigenvalue weighted by atomic mass is 35.5. The Kier molecular flexibility index (Phi) is 4.06. The lowest BCUT2D eigenvalue weighted by Gasteiger charge is -2.05. The molecule has 1 aromatic rings. The number of carbonyl (C=O) groups excluding carboxylic acids is 2. The lowest BCUT2D eigenvalue weighted by atomic mass is 10.0. The number of esters is 1. The molecule has 0 radical (unpaired) electrons. The molecule has 1 N–H and O–H groups in total. The van der Waals surface area contributed by atoms with Crippen LogP contribution in [0.4, 0.5) is 0 Å². The second kappa shape index (κ2) is 5.12. The molecule has 0 aromatic carbocycles. The first-order valence-corrected chi connectivity index (χ1v) is 5.19. The first kappa shape index (κ1) is 12.7. The number of methoxy groups -OCH3 is 1. The molecule has 0 amide bonds. The van der Waals surface area contributed by atoms with Gasteiger partial charge in [-0.05, 0) is 5.92 Å². The Balaban J connectivity index is 2.98. The van der Waals surface area contributed by atoms with E-state index in [1.807, 2.05) is 13.8 Å². The maximum atomic E-state index is 11.8. The highest BCUT2D eigenvalue weighted by Crippen LogP contribution is 2.24. The Labute approximate surface area is 98.1 Å². The van der Waals surface area contributed by atoms with E-state index in [1.165, 1.54) is 7.11 Å². The van der Waals surface area contributed by atoms with Crippen LogP contribution in [0.25, 0.3) is 0 Å². The number of aromatic amines is 1. The van der Waals surface area contributed by atoms with E-state index in [-0.39, 0.29) is 28.8 Å². The molecule has 0 fully saturated rings. The minimum absolute atomic E-state index is 0.0802. The average Bonchev–Trinajstić information content (AvgIpc) is 2.59. The van der Waals surface area contributed by atoms with Gasteiger partial charge in [0.15, 0.2) is 10.9 Å². The lowest BCUT2D eigenvalue weighted by molar-refractivity contribution is -0.139. The molecular weight excluding hydrogens is 232 g/mol. The summed E-state index contributed by atoms with van der Waals surface area (Å²) in [5.41, 5.74) is 0.918. The number of aromatic nitrogens is 2. The SMILES string of the molecule is COC(=O)CC(=O)c1c(Cl)n[nH]c1C(C)C. The third kappa shape index (κ3) is 2.61. The van der Waals surface area contributed by atoms with E-state index in [1.54, 1.807) is 0 Å². The Morgan fingerprint density at radius 2 is 2.12 bits per heavy atom. The van der Waals surface area contributed by atoms with Crippen LogP contribution in [-0.4, -0.2) is 29.1 Å². The van der Waals surface area contributed by atoms with Crippen molar-refractivity contribution in [1.29, 1.82) is 0 Å². The van der Waals surface area contributed by atoms with Crippen molar-refractivity contribution in [3.05, 3.63) is 16.4 Å². The van der Waals surface area contributed by atoms with Crippen LogP contribution in [0, 0.1) is 0 Å². The van der Waals surface area contributed by atoms with Crippen LogP contribution in [0.2, 0.25) is 5.15 Å². The Hall–Kier alpha value is -1.36. The summed E-state index contributed by atoms with van der Waals surface area (Å²) in [6.07, 6.45) is -0.324. The number of ether oxygens (including phenoxy) is 1. The van der Waals surface area contributed by atoms with Gasteiger partial charge in [-0.1, -0.05) is 25.4 Å². The van der Waals surface area contributed by atoms with Gasteiger partial charge < -0.3 is 4.74 Å². The first-order valence-electron chi connectivity index (χ1n) is 4.81. The van der Waals surface area contributed by atoms with Gasteiger partial charge in [0.25, 0.3) is 0 Å². The van der Waals surface area contributed by atoms with Crippen molar-refractivity contribution in [2.24, 2.45) is 0 Å². The predicted molar refractivity (Wildman–Crippen MR) is 58.7 cm³/mol. The van der Waals surface area contributed by atoms with E-state index in [2.05, 4.69) is 14.9 Å². The largest absolute Gasteiger partial charge is 0.469 e. The van der Waals surface area contributed by atoms with Crippen LogP contribution in [0.15, 0.2) is 0 Å². The van der Waals surface area contributed by atoms with Gasteiger partial charge in [0, 0.05) is 0 Å². The maximum absolute atomic E-state index is 11.8. The number of Topliss-reactive ketones (excluding diaryl/α,β-unsaturated/α-hetero) is 1. The van der Waals surface area contributed by atoms with Gasteiger partial charge in [0.2, 0.25) is 0 Å². The third-order valence-corrected chi connectivity index (χ3v) is 2.41. The number of nitrogens with zero attached hydrogens (tertiary/aromatic N) is 1. The smallest absolute Gasteiger partial charge is 0.313 e. The number of carbonyl (C=O) groups is 2. The summed E-state index contributed by atoms with van der Waals surface area (Å²) in [6.45, 7) is 3.80. The highest BCUT2D eigenvalue weighted by molar-refractivity contribution is 6.33. The molecule has 0 spiro atoms. The van der Waals surface area contributed by atoms with Crippen molar-refractivity contribution in [1.82, 2.24) is 10.2 Å². The van der Waals surface area contributed by atoms with Crippen LogP contribution >= 0.6 is 11.6 Å². The fraction of sp³-hybridized carbons (Fsp3) is 0.500. The van der Waals surface area contributed by atoms with Crippen LogP contribution in [0.5, 0.6) is 0 Å². The van der Waals surface area contributed by atoms with E-state index >= 15 is 0 Å². The van der Waals surface area contributed by atoms with Crippen LogP contribution < -0.4 is 0 Å². The predicted octanol–water partition coefficient (Wildman–Crippen LogP) is 1.93. The topological polar surface area (TPSA) is 72.1 Å². The fourth-order valence-corrected chi connectivity index (χ4v) is 1.56. The van der Waals surface area contributed by atoms with Gasteiger partial charge in [-0.15, -0.1) is 0 Å². The summed E-state index contributed by atoms with van der Waals surface area (Å²) in [5.74, 6) is -0.886. The molecule has 0 aliphatic carbocycles. The number of hydrogen-bond acceptors (Lipinski definition) is 4. The number of halogens is 1. The minimum atomic E-state index is -0.586. The summed E-state index contributed by atoms with van der Waals surface area (Å²) < 4.78 is 4.43. The Morgan fingerprint density at radius 3 is 2.62 bits per heavy atom. The molecule has 6 heteroatoms. The molecule has 0 unspecified atom stereocenters. The zero-order valence-corrected chi connectivity index (χ0v) is 10.1. The summed E-state index contributed by atoms with van der Waals surface area (Å²) in [5, 5.41) is 6.55. The van der Waals surface area contributed by atoms with Crippen molar-refractivity contribution in [3.8, 4) is 0 Å². The van der Waals surface area contributed by atoms with Gasteiger partial charge >= 0.3 is 5.97 Å². The molecule has 0 saturated carbocycles. The monoisotopic (exact) mass is 244 g/mol. The molecule has 0 saturated heterocycles. The highest BCUT2D eigenvalue weighted by Gasteiger charge is 2.23. The standard InChI is InChI=1S/C10H13ClN2O3/c1-5(2)9-8(10(11)13-12-9)6(14)4-7(15)16-3/h5H,4H2,1-3H3,(H,12,13). The van der Waals surface area contributed by atoms with E-state index in [0.717, 1.165) is 0 Å². The molecule has 0 atom stereocenters. The number of hydrogen-bond donors (Lipinski definition) is 1. The molecule has 0 bridgehead atoms. The zero-order chi connectivity index (χ0) is 12.3. The normalized spacial score (nSPS) is 10.6. The van der Waals surface area contributed by atoms with Gasteiger partial charge in [-0.25, -0.2) is 0 Å². The molecule has 88 valence electrons. The maximum Gasteiger partial charge on any atom is 0.313 e. The van der Waals surface area contributed by atoms with Crippen LogP contribution in [0.1, 0.15) is 42.2 Å². The van der Waals surface area contributed by atoms with E-state index in [9.17, 15) is 9.59 Å².